The normalized spacial score (nSPS) is 10.3. The fraction of sp³-hybridized carbons (Fsp3) is 0.167. The summed E-state index contributed by atoms with van der Waals surface area (Å²) < 4.78 is 4.71. The third-order valence-electron chi connectivity index (χ3n) is 2.46. The van der Waals surface area contributed by atoms with E-state index in [0.29, 0.717) is 5.56 Å². The van der Waals surface area contributed by atoms with Gasteiger partial charge in [-0.2, -0.15) is 0 Å². The van der Waals surface area contributed by atoms with E-state index in [1.165, 1.54) is 7.11 Å². The molecule has 2 rings (SSSR count). The molecule has 0 atom stereocenters. The molecule has 3 nitrogen and oxygen atoms in total. The van der Waals surface area contributed by atoms with Crippen LogP contribution in [0.1, 0.15) is 15.9 Å². The Morgan fingerprint density at radius 1 is 1.33 bits per heavy atom. The third kappa shape index (κ3) is 1.56. The van der Waals surface area contributed by atoms with E-state index in [1.807, 2.05) is 25.1 Å². The monoisotopic (exact) mass is 201 g/mol. The first-order valence-electron chi connectivity index (χ1n) is 4.66. The Kier molecular flexibility index (Phi) is 2.37. The minimum atomic E-state index is -0.307. The van der Waals surface area contributed by atoms with Gasteiger partial charge in [-0.15, -0.1) is 0 Å². The van der Waals surface area contributed by atoms with Gasteiger partial charge in [0, 0.05) is 11.6 Å². The van der Waals surface area contributed by atoms with Gasteiger partial charge in [0.2, 0.25) is 0 Å². The molecule has 0 amide bonds. The number of nitrogens with zero attached hydrogens (tertiary/aromatic N) is 1. The lowest BCUT2D eigenvalue weighted by Crippen LogP contribution is -2.04. The van der Waals surface area contributed by atoms with Crippen molar-refractivity contribution >= 4 is 16.9 Å². The highest BCUT2D eigenvalue weighted by Crippen LogP contribution is 2.20. The van der Waals surface area contributed by atoms with Crippen molar-refractivity contribution in [3.05, 3.63) is 41.6 Å². The van der Waals surface area contributed by atoms with Crippen LogP contribution in [-0.4, -0.2) is 18.1 Å². The molecule has 0 spiro atoms. The maximum Gasteiger partial charge on any atom is 0.338 e. The van der Waals surface area contributed by atoms with Crippen LogP contribution in [0.15, 0.2) is 30.5 Å². The molecular formula is C12H11NO2. The quantitative estimate of drug-likeness (QED) is 0.665. The molecular weight excluding hydrogens is 190 g/mol. The molecule has 15 heavy (non-hydrogen) atoms. The number of benzene rings is 1. The Labute approximate surface area is 87.7 Å². The van der Waals surface area contributed by atoms with Crippen molar-refractivity contribution in [1.29, 1.82) is 0 Å². The van der Waals surface area contributed by atoms with E-state index in [0.717, 1.165) is 16.5 Å². The maximum absolute atomic E-state index is 11.4. The van der Waals surface area contributed by atoms with Crippen LogP contribution >= 0.6 is 0 Å². The number of hydrogen-bond acceptors (Lipinski definition) is 3. The molecule has 0 unspecified atom stereocenters. The first kappa shape index (κ1) is 9.65. The minimum absolute atomic E-state index is 0.307. The number of ether oxygens (including phenoxy) is 1. The number of esters is 1. The van der Waals surface area contributed by atoms with Gasteiger partial charge in [0.15, 0.2) is 0 Å². The molecule has 1 aromatic carbocycles. The fourth-order valence-corrected chi connectivity index (χ4v) is 1.63. The molecule has 0 saturated heterocycles. The molecule has 0 N–H and O–H groups in total. The number of aromatic nitrogens is 1. The van der Waals surface area contributed by atoms with Crippen LogP contribution in [0.5, 0.6) is 0 Å². The molecule has 0 radical (unpaired) electrons. The first-order valence-corrected chi connectivity index (χ1v) is 4.66. The van der Waals surface area contributed by atoms with Gasteiger partial charge in [-0.25, -0.2) is 4.79 Å². The summed E-state index contributed by atoms with van der Waals surface area (Å²) in [4.78, 5) is 15.7. The van der Waals surface area contributed by atoms with Crippen molar-refractivity contribution in [2.24, 2.45) is 0 Å². The summed E-state index contributed by atoms with van der Waals surface area (Å²) in [5.74, 6) is -0.307. The molecule has 0 aliphatic carbocycles. The molecule has 0 aliphatic heterocycles. The number of carbonyl (C=O) groups is 1. The second-order valence-electron chi connectivity index (χ2n) is 3.30. The molecule has 0 saturated carbocycles. The fourth-order valence-electron chi connectivity index (χ4n) is 1.63. The average molecular weight is 201 g/mol. The van der Waals surface area contributed by atoms with Crippen LogP contribution in [-0.2, 0) is 4.74 Å². The van der Waals surface area contributed by atoms with Crippen molar-refractivity contribution in [1.82, 2.24) is 4.98 Å². The smallest absolute Gasteiger partial charge is 0.338 e. The molecule has 76 valence electrons. The zero-order valence-electron chi connectivity index (χ0n) is 8.65. The van der Waals surface area contributed by atoms with Crippen LogP contribution in [0.2, 0.25) is 0 Å². The number of hydrogen-bond donors (Lipinski definition) is 0. The summed E-state index contributed by atoms with van der Waals surface area (Å²) in [5.41, 5.74) is 2.40. The van der Waals surface area contributed by atoms with Crippen LogP contribution < -0.4 is 0 Å². The largest absolute Gasteiger partial charge is 0.465 e. The SMILES string of the molecule is COC(=O)c1ccc2ncccc2c1C. The highest BCUT2D eigenvalue weighted by Gasteiger charge is 2.11. The number of rotatable bonds is 1. The number of fused-ring (bicyclic) bond motifs is 1. The maximum atomic E-state index is 11.4. The van der Waals surface area contributed by atoms with Crippen LogP contribution in [0.3, 0.4) is 0 Å². The van der Waals surface area contributed by atoms with E-state index in [-0.39, 0.29) is 5.97 Å². The second kappa shape index (κ2) is 3.69. The second-order valence-corrected chi connectivity index (χ2v) is 3.30. The molecule has 1 heterocycles. The number of carbonyl (C=O) groups excluding carboxylic acids is 1. The summed E-state index contributed by atoms with van der Waals surface area (Å²) in [6.45, 7) is 1.90. The molecule has 0 fully saturated rings. The van der Waals surface area contributed by atoms with E-state index in [1.54, 1.807) is 12.3 Å². The van der Waals surface area contributed by atoms with Gasteiger partial charge in [-0.1, -0.05) is 6.07 Å². The number of aryl methyl sites for hydroxylation is 1. The Balaban J connectivity index is 2.70. The highest BCUT2D eigenvalue weighted by molar-refractivity contribution is 5.97. The summed E-state index contributed by atoms with van der Waals surface area (Å²) >= 11 is 0. The van der Waals surface area contributed by atoms with Gasteiger partial charge in [0.1, 0.15) is 0 Å². The highest BCUT2D eigenvalue weighted by atomic mass is 16.5. The van der Waals surface area contributed by atoms with E-state index < -0.39 is 0 Å². The lowest BCUT2D eigenvalue weighted by Gasteiger charge is -2.06. The lowest BCUT2D eigenvalue weighted by atomic mass is 10.0. The van der Waals surface area contributed by atoms with Gasteiger partial charge >= 0.3 is 5.97 Å². The molecule has 1 aromatic heterocycles. The van der Waals surface area contributed by atoms with Crippen molar-refractivity contribution < 1.29 is 9.53 Å². The standard InChI is InChI=1S/C12H11NO2/c1-8-9-4-3-7-13-11(9)6-5-10(8)12(14)15-2/h3-7H,1-2H3. The van der Waals surface area contributed by atoms with Crippen LogP contribution in [0.4, 0.5) is 0 Å². The van der Waals surface area contributed by atoms with Gasteiger partial charge in [0.25, 0.3) is 0 Å². The topological polar surface area (TPSA) is 39.2 Å². The third-order valence-corrected chi connectivity index (χ3v) is 2.46. The van der Waals surface area contributed by atoms with Crippen molar-refractivity contribution in [2.75, 3.05) is 7.11 Å². The van der Waals surface area contributed by atoms with Crippen molar-refractivity contribution in [2.45, 2.75) is 6.92 Å². The van der Waals surface area contributed by atoms with E-state index >= 15 is 0 Å². The summed E-state index contributed by atoms with van der Waals surface area (Å²) in [7, 11) is 1.38. The summed E-state index contributed by atoms with van der Waals surface area (Å²) in [6, 6.07) is 7.38. The van der Waals surface area contributed by atoms with Crippen LogP contribution in [0, 0.1) is 6.92 Å². The van der Waals surface area contributed by atoms with Gasteiger partial charge in [-0.3, -0.25) is 4.98 Å². The van der Waals surface area contributed by atoms with E-state index in [4.69, 9.17) is 4.74 Å². The summed E-state index contributed by atoms with van der Waals surface area (Å²) in [5, 5.41) is 0.986. The molecule has 3 heteroatoms. The predicted octanol–water partition coefficient (Wildman–Crippen LogP) is 2.33. The molecule has 0 bridgehead atoms. The molecule has 0 aliphatic rings. The number of methoxy groups -OCH3 is 1. The predicted molar refractivity (Wildman–Crippen MR) is 57.8 cm³/mol. The summed E-state index contributed by atoms with van der Waals surface area (Å²) in [6.07, 6.45) is 1.74. The lowest BCUT2D eigenvalue weighted by molar-refractivity contribution is 0.0600. The van der Waals surface area contributed by atoms with E-state index in [2.05, 4.69) is 4.98 Å². The first-order chi connectivity index (χ1) is 7.24. The average Bonchev–Trinajstić information content (AvgIpc) is 2.29. The van der Waals surface area contributed by atoms with Crippen molar-refractivity contribution in [3.63, 3.8) is 0 Å². The Hall–Kier alpha value is -1.90. The van der Waals surface area contributed by atoms with Crippen LogP contribution in [0.25, 0.3) is 10.9 Å². The van der Waals surface area contributed by atoms with E-state index in [9.17, 15) is 4.79 Å². The minimum Gasteiger partial charge on any atom is -0.465 e. The Morgan fingerprint density at radius 2 is 2.13 bits per heavy atom. The van der Waals surface area contributed by atoms with Gasteiger partial charge in [0.05, 0.1) is 18.2 Å². The Bertz CT molecular complexity index is 520. The zero-order chi connectivity index (χ0) is 10.8. The van der Waals surface area contributed by atoms with Gasteiger partial charge < -0.3 is 4.74 Å². The Morgan fingerprint density at radius 3 is 2.87 bits per heavy atom. The molecule has 2 aromatic rings. The zero-order valence-corrected chi connectivity index (χ0v) is 8.65. The van der Waals surface area contributed by atoms with Crippen molar-refractivity contribution in [3.8, 4) is 0 Å². The van der Waals surface area contributed by atoms with Gasteiger partial charge in [-0.05, 0) is 30.7 Å². The number of pyridine rings is 1.